The van der Waals surface area contributed by atoms with Gasteiger partial charge >= 0.3 is 0 Å². The molecule has 100 valence electrons. The van der Waals surface area contributed by atoms with Crippen LogP contribution in [0, 0.1) is 0 Å². The highest BCUT2D eigenvalue weighted by molar-refractivity contribution is 9.10. The normalized spacial score (nSPS) is 19.1. The average Bonchev–Trinajstić information content (AvgIpc) is 2.32. The van der Waals surface area contributed by atoms with Gasteiger partial charge < -0.3 is 0 Å². The molecular formula is C14H22BrN3. The zero-order valence-corrected chi connectivity index (χ0v) is 13.1. The monoisotopic (exact) mass is 311 g/mol. The molecule has 1 aromatic heterocycles. The van der Waals surface area contributed by atoms with E-state index in [1.807, 2.05) is 6.20 Å². The molecule has 0 amide bonds. The fourth-order valence-corrected chi connectivity index (χ4v) is 2.54. The Labute approximate surface area is 118 Å². The number of hydrogen-bond acceptors (Lipinski definition) is 3. The van der Waals surface area contributed by atoms with Crippen LogP contribution in [0.15, 0.2) is 22.8 Å². The molecule has 1 saturated heterocycles. The lowest BCUT2D eigenvalue weighted by atomic mass is 10.0. The summed E-state index contributed by atoms with van der Waals surface area (Å²) in [6.45, 7) is 12.4. The number of hydrogen-bond donors (Lipinski definition) is 0. The van der Waals surface area contributed by atoms with E-state index in [4.69, 9.17) is 0 Å². The average molecular weight is 312 g/mol. The lowest BCUT2D eigenvalue weighted by Gasteiger charge is -2.42. The highest BCUT2D eigenvalue weighted by Gasteiger charge is 2.25. The quantitative estimate of drug-likeness (QED) is 0.837. The van der Waals surface area contributed by atoms with Crippen LogP contribution in [0.1, 0.15) is 26.5 Å². The molecule has 0 saturated carbocycles. The second-order valence-electron chi connectivity index (χ2n) is 5.90. The van der Waals surface area contributed by atoms with Crippen LogP contribution in [0.2, 0.25) is 0 Å². The summed E-state index contributed by atoms with van der Waals surface area (Å²) in [4.78, 5) is 9.48. The Morgan fingerprint density at radius 2 is 1.83 bits per heavy atom. The Bertz CT molecular complexity index is 375. The Morgan fingerprint density at radius 3 is 2.33 bits per heavy atom. The molecular weight excluding hydrogens is 290 g/mol. The van der Waals surface area contributed by atoms with Gasteiger partial charge in [0.25, 0.3) is 0 Å². The van der Waals surface area contributed by atoms with Crippen molar-refractivity contribution in [2.45, 2.75) is 32.9 Å². The summed E-state index contributed by atoms with van der Waals surface area (Å²) in [7, 11) is 0. The molecule has 0 aromatic carbocycles. The summed E-state index contributed by atoms with van der Waals surface area (Å²) in [5, 5.41) is 0. The Balaban J connectivity index is 1.85. The molecule has 1 aromatic rings. The molecule has 0 aliphatic carbocycles. The molecule has 1 fully saturated rings. The minimum Gasteiger partial charge on any atom is -0.296 e. The van der Waals surface area contributed by atoms with Crippen molar-refractivity contribution in [3.63, 3.8) is 0 Å². The molecule has 2 heterocycles. The molecule has 1 aliphatic heterocycles. The van der Waals surface area contributed by atoms with E-state index in [1.54, 1.807) is 0 Å². The molecule has 0 N–H and O–H groups in total. The standard InChI is InChI=1S/C14H22BrN3/c1-14(2,3)18-8-6-17(7-9-18)11-13-5-4-12(15)10-16-13/h4-5,10H,6-9,11H2,1-3H3. The van der Waals surface area contributed by atoms with Gasteiger partial charge in [-0.05, 0) is 48.8 Å². The van der Waals surface area contributed by atoms with Gasteiger partial charge in [-0.3, -0.25) is 14.8 Å². The van der Waals surface area contributed by atoms with Crippen LogP contribution in [0.4, 0.5) is 0 Å². The highest BCUT2D eigenvalue weighted by Crippen LogP contribution is 2.17. The number of nitrogens with zero attached hydrogens (tertiary/aromatic N) is 3. The molecule has 2 rings (SSSR count). The van der Waals surface area contributed by atoms with Gasteiger partial charge in [0.2, 0.25) is 0 Å². The molecule has 1 aliphatic rings. The molecule has 0 unspecified atom stereocenters. The van der Waals surface area contributed by atoms with Gasteiger partial charge in [0.1, 0.15) is 0 Å². The summed E-state index contributed by atoms with van der Waals surface area (Å²) in [6, 6.07) is 4.16. The molecule has 18 heavy (non-hydrogen) atoms. The van der Waals surface area contributed by atoms with E-state index in [0.717, 1.165) is 42.9 Å². The van der Waals surface area contributed by atoms with Crippen molar-refractivity contribution >= 4 is 15.9 Å². The second-order valence-corrected chi connectivity index (χ2v) is 6.82. The van der Waals surface area contributed by atoms with E-state index in [9.17, 15) is 0 Å². The van der Waals surface area contributed by atoms with E-state index in [0.29, 0.717) is 5.54 Å². The van der Waals surface area contributed by atoms with Gasteiger partial charge in [0.15, 0.2) is 0 Å². The molecule has 0 spiro atoms. The predicted molar refractivity (Wildman–Crippen MR) is 78.5 cm³/mol. The van der Waals surface area contributed by atoms with E-state index >= 15 is 0 Å². The van der Waals surface area contributed by atoms with Gasteiger partial charge in [0, 0.05) is 48.9 Å². The van der Waals surface area contributed by atoms with E-state index in [-0.39, 0.29) is 0 Å². The third-order valence-corrected chi connectivity index (χ3v) is 3.96. The van der Waals surface area contributed by atoms with E-state index < -0.39 is 0 Å². The minimum absolute atomic E-state index is 0.294. The third kappa shape index (κ3) is 3.77. The third-order valence-electron chi connectivity index (χ3n) is 3.50. The first-order chi connectivity index (χ1) is 8.45. The topological polar surface area (TPSA) is 19.4 Å². The zero-order chi connectivity index (χ0) is 13.2. The summed E-state index contributed by atoms with van der Waals surface area (Å²) < 4.78 is 1.05. The maximum atomic E-state index is 4.44. The number of piperazine rings is 1. The largest absolute Gasteiger partial charge is 0.296 e. The van der Waals surface area contributed by atoms with Crippen LogP contribution in [-0.2, 0) is 6.54 Å². The van der Waals surface area contributed by atoms with Gasteiger partial charge in [-0.15, -0.1) is 0 Å². The molecule has 0 bridgehead atoms. The first-order valence-corrected chi connectivity index (χ1v) is 7.32. The SMILES string of the molecule is CC(C)(C)N1CCN(Cc2ccc(Br)cn2)CC1. The van der Waals surface area contributed by atoms with E-state index in [1.165, 1.54) is 0 Å². The van der Waals surface area contributed by atoms with E-state index in [2.05, 4.69) is 63.6 Å². The summed E-state index contributed by atoms with van der Waals surface area (Å²) in [5.74, 6) is 0. The van der Waals surface area contributed by atoms with Crippen molar-refractivity contribution in [3.8, 4) is 0 Å². The maximum Gasteiger partial charge on any atom is 0.0544 e. The number of rotatable bonds is 2. The van der Waals surface area contributed by atoms with Gasteiger partial charge in [-0.2, -0.15) is 0 Å². The molecule has 3 nitrogen and oxygen atoms in total. The lowest BCUT2D eigenvalue weighted by Crippen LogP contribution is -2.53. The molecule has 0 radical (unpaired) electrons. The van der Waals surface area contributed by atoms with Crippen molar-refractivity contribution in [1.82, 2.24) is 14.8 Å². The van der Waals surface area contributed by atoms with Crippen molar-refractivity contribution in [2.75, 3.05) is 26.2 Å². The van der Waals surface area contributed by atoms with Crippen molar-refractivity contribution < 1.29 is 0 Å². The fourth-order valence-electron chi connectivity index (χ4n) is 2.31. The first kappa shape index (κ1) is 14.0. The van der Waals surface area contributed by atoms with Crippen LogP contribution >= 0.6 is 15.9 Å². The lowest BCUT2D eigenvalue weighted by molar-refractivity contribution is 0.0586. The maximum absolute atomic E-state index is 4.44. The molecule has 0 atom stereocenters. The van der Waals surface area contributed by atoms with Gasteiger partial charge in [-0.1, -0.05) is 0 Å². The minimum atomic E-state index is 0.294. The predicted octanol–water partition coefficient (Wildman–Crippen LogP) is 2.76. The summed E-state index contributed by atoms with van der Waals surface area (Å²) >= 11 is 3.42. The van der Waals surface area contributed by atoms with Crippen molar-refractivity contribution in [2.24, 2.45) is 0 Å². The van der Waals surface area contributed by atoms with Crippen LogP contribution in [0.3, 0.4) is 0 Å². The first-order valence-electron chi connectivity index (χ1n) is 6.53. The number of pyridine rings is 1. The van der Waals surface area contributed by atoms with Gasteiger partial charge in [0.05, 0.1) is 5.69 Å². The van der Waals surface area contributed by atoms with Crippen LogP contribution in [0.5, 0.6) is 0 Å². The number of aromatic nitrogens is 1. The zero-order valence-electron chi connectivity index (χ0n) is 11.5. The van der Waals surface area contributed by atoms with Crippen molar-refractivity contribution in [3.05, 3.63) is 28.5 Å². The van der Waals surface area contributed by atoms with Crippen LogP contribution < -0.4 is 0 Å². The fraction of sp³-hybridized carbons (Fsp3) is 0.643. The Hall–Kier alpha value is -0.450. The Morgan fingerprint density at radius 1 is 1.17 bits per heavy atom. The second kappa shape index (κ2) is 5.68. The highest BCUT2D eigenvalue weighted by atomic mass is 79.9. The summed E-state index contributed by atoms with van der Waals surface area (Å²) in [6.07, 6.45) is 1.88. The van der Waals surface area contributed by atoms with Crippen LogP contribution in [-0.4, -0.2) is 46.5 Å². The smallest absolute Gasteiger partial charge is 0.0544 e. The number of halogens is 1. The molecule has 4 heteroatoms. The van der Waals surface area contributed by atoms with Gasteiger partial charge in [-0.25, -0.2) is 0 Å². The van der Waals surface area contributed by atoms with Crippen LogP contribution in [0.25, 0.3) is 0 Å². The summed E-state index contributed by atoms with van der Waals surface area (Å²) in [5.41, 5.74) is 1.45. The van der Waals surface area contributed by atoms with Crippen molar-refractivity contribution in [1.29, 1.82) is 0 Å². The Kier molecular flexibility index (Phi) is 4.41.